The number of carbonyl (C=O) groups excluding carboxylic acids is 2. The maximum atomic E-state index is 12.1. The molecule has 0 bridgehead atoms. The summed E-state index contributed by atoms with van der Waals surface area (Å²) in [5, 5.41) is 0. The van der Waals surface area contributed by atoms with Crippen LogP contribution in [0.2, 0.25) is 0 Å². The van der Waals surface area contributed by atoms with Crippen LogP contribution < -0.4 is 0 Å². The van der Waals surface area contributed by atoms with E-state index in [1.54, 1.807) is 26.2 Å². The van der Waals surface area contributed by atoms with Crippen molar-refractivity contribution in [2.45, 2.75) is 12.8 Å². The Hall–Kier alpha value is -1.78. The Morgan fingerprint density at radius 1 is 1.39 bits per heavy atom. The average molecular weight is 253 g/mol. The first-order valence-corrected chi connectivity index (χ1v) is 5.69. The molecule has 5 heteroatoms. The number of ether oxygens (including phenoxy) is 2. The molecular weight excluding hydrogens is 234 g/mol. The van der Waals surface area contributed by atoms with Crippen molar-refractivity contribution in [3.05, 3.63) is 24.0 Å². The number of amides is 1. The van der Waals surface area contributed by atoms with Crippen LogP contribution in [-0.2, 0) is 19.1 Å². The monoisotopic (exact) mass is 253 g/mol. The number of allylic oxidation sites excluding steroid dienone is 2. The van der Waals surface area contributed by atoms with E-state index in [2.05, 4.69) is 0 Å². The molecule has 0 N–H and O–H groups in total. The summed E-state index contributed by atoms with van der Waals surface area (Å²) in [7, 11) is 6.09. The van der Waals surface area contributed by atoms with Gasteiger partial charge in [-0.05, 0) is 12.5 Å². The van der Waals surface area contributed by atoms with E-state index in [1.165, 1.54) is 19.1 Å². The van der Waals surface area contributed by atoms with Crippen LogP contribution in [0, 0.1) is 5.41 Å². The molecule has 0 saturated heterocycles. The fourth-order valence-electron chi connectivity index (χ4n) is 1.94. The average Bonchev–Trinajstić information content (AvgIpc) is 2.37. The van der Waals surface area contributed by atoms with Gasteiger partial charge in [0.05, 0.1) is 20.6 Å². The first-order chi connectivity index (χ1) is 8.47. The molecule has 0 aromatic rings. The molecule has 0 fully saturated rings. The van der Waals surface area contributed by atoms with Crippen molar-refractivity contribution in [1.82, 2.24) is 4.90 Å². The minimum absolute atomic E-state index is 0.00282. The molecule has 18 heavy (non-hydrogen) atoms. The Morgan fingerprint density at radius 2 is 2.06 bits per heavy atom. The normalized spacial score (nSPS) is 22.1. The molecule has 0 aliphatic heterocycles. The molecule has 0 spiro atoms. The van der Waals surface area contributed by atoms with Crippen molar-refractivity contribution in [2.24, 2.45) is 5.41 Å². The lowest BCUT2D eigenvalue weighted by molar-refractivity contribution is -0.153. The van der Waals surface area contributed by atoms with Crippen LogP contribution in [0.3, 0.4) is 0 Å². The van der Waals surface area contributed by atoms with Gasteiger partial charge in [-0.25, -0.2) is 0 Å². The zero-order chi connectivity index (χ0) is 13.8. The summed E-state index contributed by atoms with van der Waals surface area (Å²) >= 11 is 0. The minimum atomic E-state index is -1.14. The van der Waals surface area contributed by atoms with Crippen molar-refractivity contribution in [3.63, 3.8) is 0 Å². The van der Waals surface area contributed by atoms with Crippen molar-refractivity contribution in [1.29, 1.82) is 0 Å². The summed E-state index contributed by atoms with van der Waals surface area (Å²) in [6, 6.07) is 0. The van der Waals surface area contributed by atoms with Crippen LogP contribution in [0.15, 0.2) is 24.0 Å². The fraction of sp³-hybridized carbons (Fsp3) is 0.538. The van der Waals surface area contributed by atoms with Crippen LogP contribution in [0.25, 0.3) is 0 Å². The molecule has 0 radical (unpaired) electrons. The van der Waals surface area contributed by atoms with E-state index in [9.17, 15) is 9.59 Å². The highest BCUT2D eigenvalue weighted by molar-refractivity contribution is 5.90. The topological polar surface area (TPSA) is 55.8 Å². The Labute approximate surface area is 107 Å². The van der Waals surface area contributed by atoms with Crippen LogP contribution in [-0.4, -0.2) is 45.1 Å². The summed E-state index contributed by atoms with van der Waals surface area (Å²) in [5.74, 6) is -0.177. The summed E-state index contributed by atoms with van der Waals surface area (Å²) in [5.41, 5.74) is -1.14. The highest BCUT2D eigenvalue weighted by Crippen LogP contribution is 2.38. The van der Waals surface area contributed by atoms with E-state index in [0.717, 1.165) is 0 Å². The number of carbonyl (C=O) groups is 2. The summed E-state index contributed by atoms with van der Waals surface area (Å²) in [6.45, 7) is 0. The number of esters is 1. The van der Waals surface area contributed by atoms with Gasteiger partial charge in [0.25, 0.3) is 0 Å². The molecular formula is C13H19NO4. The third-order valence-electron chi connectivity index (χ3n) is 2.98. The van der Waals surface area contributed by atoms with Crippen LogP contribution in [0.1, 0.15) is 12.8 Å². The zero-order valence-corrected chi connectivity index (χ0v) is 11.2. The molecule has 0 aromatic carbocycles. The highest BCUT2D eigenvalue weighted by Gasteiger charge is 2.45. The van der Waals surface area contributed by atoms with Gasteiger partial charge in [0.1, 0.15) is 5.76 Å². The fourth-order valence-corrected chi connectivity index (χ4v) is 1.94. The third kappa shape index (κ3) is 2.55. The molecule has 1 unspecified atom stereocenters. The number of rotatable bonds is 4. The molecule has 1 aliphatic rings. The van der Waals surface area contributed by atoms with Gasteiger partial charge in [-0.2, -0.15) is 0 Å². The second-order valence-electron chi connectivity index (χ2n) is 4.34. The van der Waals surface area contributed by atoms with Crippen LogP contribution >= 0.6 is 0 Å². The van der Waals surface area contributed by atoms with Gasteiger partial charge in [0, 0.05) is 14.1 Å². The molecule has 1 atom stereocenters. The van der Waals surface area contributed by atoms with E-state index in [0.29, 0.717) is 12.2 Å². The van der Waals surface area contributed by atoms with Gasteiger partial charge in [-0.3, -0.25) is 9.59 Å². The maximum Gasteiger partial charge on any atom is 0.323 e. The maximum absolute atomic E-state index is 12.1. The van der Waals surface area contributed by atoms with Gasteiger partial charge in [-0.15, -0.1) is 0 Å². The Morgan fingerprint density at radius 3 is 2.56 bits per heavy atom. The van der Waals surface area contributed by atoms with Crippen molar-refractivity contribution in [2.75, 3.05) is 28.3 Å². The SMILES string of the molecule is COC(=O)C1(CC(=O)N(C)C)C=CCC=C1OC. The molecule has 1 rings (SSSR count). The minimum Gasteiger partial charge on any atom is -0.500 e. The van der Waals surface area contributed by atoms with Gasteiger partial charge in [0.2, 0.25) is 5.91 Å². The van der Waals surface area contributed by atoms with Crippen molar-refractivity contribution in [3.8, 4) is 0 Å². The van der Waals surface area contributed by atoms with Gasteiger partial charge in [0.15, 0.2) is 5.41 Å². The van der Waals surface area contributed by atoms with E-state index in [-0.39, 0.29) is 12.3 Å². The van der Waals surface area contributed by atoms with E-state index < -0.39 is 11.4 Å². The number of hydrogen-bond donors (Lipinski definition) is 0. The third-order valence-corrected chi connectivity index (χ3v) is 2.98. The quantitative estimate of drug-likeness (QED) is 0.556. The summed E-state index contributed by atoms with van der Waals surface area (Å²) in [4.78, 5) is 25.4. The lowest BCUT2D eigenvalue weighted by atomic mass is 9.78. The molecule has 1 amide bonds. The second-order valence-corrected chi connectivity index (χ2v) is 4.34. The van der Waals surface area contributed by atoms with Crippen molar-refractivity contribution < 1.29 is 19.1 Å². The summed E-state index contributed by atoms with van der Waals surface area (Å²) < 4.78 is 10.1. The Bertz CT molecular complexity index is 398. The predicted octanol–water partition coefficient (Wildman–Crippen LogP) is 1.11. The lowest BCUT2D eigenvalue weighted by Gasteiger charge is -2.31. The van der Waals surface area contributed by atoms with E-state index in [1.807, 2.05) is 6.08 Å². The van der Waals surface area contributed by atoms with Gasteiger partial charge >= 0.3 is 5.97 Å². The number of hydrogen-bond acceptors (Lipinski definition) is 4. The van der Waals surface area contributed by atoms with Crippen LogP contribution in [0.5, 0.6) is 0 Å². The van der Waals surface area contributed by atoms with Crippen molar-refractivity contribution >= 4 is 11.9 Å². The lowest BCUT2D eigenvalue weighted by Crippen LogP contribution is -2.39. The molecule has 0 aromatic heterocycles. The first-order valence-electron chi connectivity index (χ1n) is 5.69. The van der Waals surface area contributed by atoms with Crippen LogP contribution in [0.4, 0.5) is 0 Å². The van der Waals surface area contributed by atoms with E-state index in [4.69, 9.17) is 9.47 Å². The zero-order valence-electron chi connectivity index (χ0n) is 11.2. The standard InChI is InChI=1S/C13H19NO4/c1-14(2)11(15)9-13(12(16)18-4)8-6-5-7-10(13)17-3/h6-8H,5,9H2,1-4H3. The first kappa shape index (κ1) is 14.3. The molecule has 0 heterocycles. The Balaban J connectivity index is 3.13. The highest BCUT2D eigenvalue weighted by atomic mass is 16.5. The number of nitrogens with zero attached hydrogens (tertiary/aromatic N) is 1. The molecule has 0 saturated carbocycles. The molecule has 100 valence electrons. The number of methoxy groups -OCH3 is 2. The molecule has 5 nitrogen and oxygen atoms in total. The van der Waals surface area contributed by atoms with Gasteiger partial charge in [-0.1, -0.05) is 12.2 Å². The van der Waals surface area contributed by atoms with E-state index >= 15 is 0 Å². The smallest absolute Gasteiger partial charge is 0.323 e. The Kier molecular flexibility index (Phi) is 4.53. The predicted molar refractivity (Wildman–Crippen MR) is 66.6 cm³/mol. The summed E-state index contributed by atoms with van der Waals surface area (Å²) in [6.07, 6.45) is 6.00. The molecule has 1 aliphatic carbocycles. The largest absolute Gasteiger partial charge is 0.500 e. The second kappa shape index (κ2) is 5.71. The van der Waals surface area contributed by atoms with Gasteiger partial charge < -0.3 is 14.4 Å².